The van der Waals surface area contributed by atoms with Crippen LogP contribution in [0.2, 0.25) is 0 Å². The first-order chi connectivity index (χ1) is 11.2. The summed E-state index contributed by atoms with van der Waals surface area (Å²) in [4.78, 5) is 25.5. The molecule has 0 aromatic heterocycles. The van der Waals surface area contributed by atoms with Gasteiger partial charge in [-0.2, -0.15) is 0 Å². The fourth-order valence-corrected chi connectivity index (χ4v) is 5.95. The summed E-state index contributed by atoms with van der Waals surface area (Å²) in [5, 5.41) is 9.32. The summed E-state index contributed by atoms with van der Waals surface area (Å²) in [5.74, 6) is 1.32. The molecule has 3 rings (SSSR count). The second-order valence-electron chi connectivity index (χ2n) is 5.90. The third-order valence-electron chi connectivity index (χ3n) is 4.31. The first-order valence-electron chi connectivity index (χ1n) is 8.04. The summed E-state index contributed by atoms with van der Waals surface area (Å²) in [7, 11) is 0. The van der Waals surface area contributed by atoms with Gasteiger partial charge in [-0.1, -0.05) is 12.1 Å². The van der Waals surface area contributed by atoms with Crippen LogP contribution in [0.5, 0.6) is 0 Å². The number of nitrogens with zero attached hydrogens (tertiary/aromatic N) is 1. The summed E-state index contributed by atoms with van der Waals surface area (Å²) < 4.78 is 0.453. The molecule has 1 aromatic rings. The number of carboxylic acids is 1. The first-order valence-corrected chi connectivity index (χ1v) is 10.1. The molecule has 2 saturated heterocycles. The van der Waals surface area contributed by atoms with Gasteiger partial charge < -0.3 is 10.0 Å². The summed E-state index contributed by atoms with van der Waals surface area (Å²) >= 11 is 3.91. The van der Waals surface area contributed by atoms with E-state index >= 15 is 0 Å². The van der Waals surface area contributed by atoms with Crippen molar-refractivity contribution in [1.29, 1.82) is 0 Å². The van der Waals surface area contributed by atoms with Crippen molar-refractivity contribution < 1.29 is 14.7 Å². The van der Waals surface area contributed by atoms with Crippen LogP contribution < -0.4 is 0 Å². The molecule has 1 amide bonds. The van der Waals surface area contributed by atoms with Gasteiger partial charge in [0.05, 0.1) is 4.58 Å². The number of benzene rings is 1. The molecule has 1 N–H and O–H groups in total. The van der Waals surface area contributed by atoms with Crippen LogP contribution in [0.4, 0.5) is 0 Å². The minimum Gasteiger partial charge on any atom is -0.480 e. The van der Waals surface area contributed by atoms with E-state index in [0.717, 1.165) is 12.8 Å². The molecule has 2 heterocycles. The number of amides is 1. The van der Waals surface area contributed by atoms with E-state index in [0.29, 0.717) is 23.1 Å². The Labute approximate surface area is 145 Å². The average Bonchev–Trinajstić information content (AvgIpc) is 2.62. The number of thioether (sulfide) groups is 2. The Balaban J connectivity index is 1.72. The molecule has 0 unspecified atom stereocenters. The molecular weight excluding hydrogens is 330 g/mol. The van der Waals surface area contributed by atoms with Gasteiger partial charge in [0, 0.05) is 12.1 Å². The number of rotatable bonds is 3. The van der Waals surface area contributed by atoms with E-state index in [1.807, 2.05) is 47.8 Å². The number of carbonyl (C=O) groups is 2. The molecule has 124 valence electrons. The number of aliphatic carboxylic acids is 1. The van der Waals surface area contributed by atoms with Crippen LogP contribution in [0.1, 0.15) is 46.2 Å². The molecule has 1 atom stereocenters. The van der Waals surface area contributed by atoms with Gasteiger partial charge in [-0.05, 0) is 54.9 Å². The summed E-state index contributed by atoms with van der Waals surface area (Å²) in [5.41, 5.74) is 1.83. The highest BCUT2D eigenvalue weighted by Gasteiger charge is 2.32. The second-order valence-corrected chi connectivity index (χ2v) is 8.62. The maximum Gasteiger partial charge on any atom is 0.326 e. The molecule has 0 saturated carbocycles. The van der Waals surface area contributed by atoms with Crippen LogP contribution in [0, 0.1) is 0 Å². The van der Waals surface area contributed by atoms with Crippen molar-refractivity contribution in [2.45, 2.75) is 36.3 Å². The number of carbonyl (C=O) groups excluding carboxylic acids is 1. The van der Waals surface area contributed by atoms with Gasteiger partial charge in [0.15, 0.2) is 0 Å². The quantitative estimate of drug-likeness (QED) is 0.901. The minimum atomic E-state index is -0.898. The second kappa shape index (κ2) is 7.62. The normalized spacial score (nSPS) is 22.8. The Hall–Kier alpha value is -1.14. The van der Waals surface area contributed by atoms with E-state index in [1.165, 1.54) is 28.4 Å². The first kappa shape index (κ1) is 16.7. The van der Waals surface area contributed by atoms with E-state index in [1.54, 1.807) is 0 Å². The van der Waals surface area contributed by atoms with Gasteiger partial charge in [-0.25, -0.2) is 4.79 Å². The topological polar surface area (TPSA) is 57.6 Å². The van der Waals surface area contributed by atoms with Crippen molar-refractivity contribution in [2.24, 2.45) is 0 Å². The highest BCUT2D eigenvalue weighted by molar-refractivity contribution is 8.16. The van der Waals surface area contributed by atoms with E-state index in [4.69, 9.17) is 0 Å². The smallest absolute Gasteiger partial charge is 0.326 e. The lowest BCUT2D eigenvalue weighted by Crippen LogP contribution is -2.47. The highest BCUT2D eigenvalue weighted by atomic mass is 32.2. The zero-order valence-corrected chi connectivity index (χ0v) is 14.6. The van der Waals surface area contributed by atoms with Gasteiger partial charge >= 0.3 is 5.97 Å². The number of hydrogen-bond donors (Lipinski definition) is 1. The Kier molecular flexibility index (Phi) is 5.54. The fraction of sp³-hybridized carbons (Fsp3) is 0.529. The zero-order chi connectivity index (χ0) is 16.2. The molecule has 2 aliphatic heterocycles. The molecule has 4 nitrogen and oxygen atoms in total. The van der Waals surface area contributed by atoms with E-state index in [-0.39, 0.29) is 5.91 Å². The lowest BCUT2D eigenvalue weighted by molar-refractivity contribution is -0.143. The van der Waals surface area contributed by atoms with Gasteiger partial charge in [-0.15, -0.1) is 23.5 Å². The summed E-state index contributed by atoms with van der Waals surface area (Å²) in [6.07, 6.45) is 3.56. The van der Waals surface area contributed by atoms with Crippen molar-refractivity contribution in [3.05, 3.63) is 35.4 Å². The van der Waals surface area contributed by atoms with Crippen LogP contribution >= 0.6 is 23.5 Å². The summed E-state index contributed by atoms with van der Waals surface area (Å²) in [6, 6.07) is 7.05. The molecule has 0 bridgehead atoms. The molecular formula is C17H21NO3S2. The maximum absolute atomic E-state index is 12.7. The van der Waals surface area contributed by atoms with Gasteiger partial charge in [0.25, 0.3) is 5.91 Å². The van der Waals surface area contributed by atoms with Crippen LogP contribution in [-0.4, -0.2) is 46.0 Å². The average molecular weight is 351 g/mol. The maximum atomic E-state index is 12.7. The molecule has 0 aliphatic carbocycles. The van der Waals surface area contributed by atoms with Crippen LogP contribution in [0.25, 0.3) is 0 Å². The molecule has 0 spiro atoms. The third kappa shape index (κ3) is 3.86. The van der Waals surface area contributed by atoms with E-state index in [9.17, 15) is 14.7 Å². The van der Waals surface area contributed by atoms with Crippen molar-refractivity contribution in [2.75, 3.05) is 18.1 Å². The van der Waals surface area contributed by atoms with Crippen molar-refractivity contribution >= 4 is 35.4 Å². The van der Waals surface area contributed by atoms with Gasteiger partial charge in [-0.3, -0.25) is 4.79 Å². The lowest BCUT2D eigenvalue weighted by Gasteiger charge is -2.33. The lowest BCUT2D eigenvalue weighted by atomic mass is 10.0. The van der Waals surface area contributed by atoms with Crippen LogP contribution in [0.3, 0.4) is 0 Å². The standard InChI is InChI=1S/C17H21NO3S2/c19-15(18-9-2-1-4-14(18)16(20)21)12-5-7-13(8-6-12)17-22-10-3-11-23-17/h5-8,14,17H,1-4,9-11H2,(H,20,21)/t14-/m1/s1. The van der Waals surface area contributed by atoms with E-state index in [2.05, 4.69) is 0 Å². The number of hydrogen-bond acceptors (Lipinski definition) is 4. The number of likely N-dealkylation sites (tertiary alicyclic amines) is 1. The van der Waals surface area contributed by atoms with Gasteiger partial charge in [0.1, 0.15) is 6.04 Å². The van der Waals surface area contributed by atoms with E-state index < -0.39 is 12.0 Å². The number of carboxylic acid groups (broad SMARTS) is 1. The van der Waals surface area contributed by atoms with Crippen LogP contribution in [-0.2, 0) is 4.79 Å². The molecule has 2 aliphatic rings. The monoisotopic (exact) mass is 351 g/mol. The molecule has 2 fully saturated rings. The summed E-state index contributed by atoms with van der Waals surface area (Å²) in [6.45, 7) is 0.534. The highest BCUT2D eigenvalue weighted by Crippen LogP contribution is 2.43. The Morgan fingerprint density at radius 1 is 1.04 bits per heavy atom. The van der Waals surface area contributed by atoms with Crippen LogP contribution in [0.15, 0.2) is 24.3 Å². The SMILES string of the molecule is O=C(O)[C@H]1CCCCN1C(=O)c1ccc(C2SCCCS2)cc1. The molecule has 0 radical (unpaired) electrons. The molecule has 1 aromatic carbocycles. The predicted molar refractivity (Wildman–Crippen MR) is 95.0 cm³/mol. The predicted octanol–water partition coefficient (Wildman–Crippen LogP) is 3.63. The third-order valence-corrected chi connectivity index (χ3v) is 7.32. The minimum absolute atomic E-state index is 0.160. The largest absolute Gasteiger partial charge is 0.480 e. The Morgan fingerprint density at radius 2 is 1.74 bits per heavy atom. The number of piperidine rings is 1. The zero-order valence-electron chi connectivity index (χ0n) is 12.9. The fourth-order valence-electron chi connectivity index (χ4n) is 3.06. The molecule has 6 heteroatoms. The van der Waals surface area contributed by atoms with Crippen molar-refractivity contribution in [3.63, 3.8) is 0 Å². The van der Waals surface area contributed by atoms with Crippen molar-refractivity contribution in [3.8, 4) is 0 Å². The Morgan fingerprint density at radius 3 is 2.39 bits per heavy atom. The Bertz CT molecular complexity index is 570. The molecule has 23 heavy (non-hydrogen) atoms. The van der Waals surface area contributed by atoms with Crippen molar-refractivity contribution in [1.82, 2.24) is 4.90 Å². The van der Waals surface area contributed by atoms with Gasteiger partial charge in [0.2, 0.25) is 0 Å².